The van der Waals surface area contributed by atoms with Crippen molar-refractivity contribution in [1.82, 2.24) is 15.2 Å². The Morgan fingerprint density at radius 2 is 2.22 bits per heavy atom. The van der Waals surface area contributed by atoms with Gasteiger partial charge < -0.3 is 26.8 Å². The van der Waals surface area contributed by atoms with Crippen LogP contribution in [-0.2, 0) is 38.7 Å². The molecule has 2 atom stereocenters. The van der Waals surface area contributed by atoms with Crippen LogP contribution in [-0.4, -0.2) is 73.6 Å². The van der Waals surface area contributed by atoms with Gasteiger partial charge in [0.05, 0.1) is 6.26 Å². The zero-order valence-electron chi connectivity index (χ0n) is 20.1. The number of anilines is 1. The molecule has 0 radical (unpaired) electrons. The zero-order chi connectivity index (χ0) is 24.4. The molecule has 2 aliphatic heterocycles. The maximum Gasteiger partial charge on any atom is 1.00 e. The van der Waals surface area contributed by atoms with E-state index in [1.807, 2.05) is 0 Å². The molecule has 0 aromatic carbocycles. The predicted octanol–water partition coefficient (Wildman–Crippen LogP) is -1.90. The summed E-state index contributed by atoms with van der Waals surface area (Å²) in [5.74, 6) is -2.08. The minimum Gasteiger partial charge on any atom is -1.00 e. The number of thiazole rings is 1. The number of nitrogens with two attached hydrogens (primary N) is 1. The molecule has 0 spiro atoms. The third-order valence-corrected chi connectivity index (χ3v) is 7.77. The molecule has 0 saturated carbocycles. The molecule has 2 aromatic heterocycles. The Labute approximate surface area is 253 Å². The number of carboxylic acid groups (broad SMARTS) is 1. The number of oxime groups is 1. The van der Waals surface area contributed by atoms with E-state index in [9.17, 15) is 24.3 Å². The molecular weight excluding hydrogens is 595 g/mol. The van der Waals surface area contributed by atoms with Gasteiger partial charge in [-0.2, -0.15) is 0 Å². The summed E-state index contributed by atoms with van der Waals surface area (Å²) in [5.41, 5.74) is 5.89. The number of aromatic nitrogens is 1. The van der Waals surface area contributed by atoms with Crippen molar-refractivity contribution in [1.29, 1.82) is 0 Å². The summed E-state index contributed by atoms with van der Waals surface area (Å²) >= 11 is 3.29. The summed E-state index contributed by atoms with van der Waals surface area (Å²) in [6.45, 7) is 0. The summed E-state index contributed by atoms with van der Waals surface area (Å²) in [6, 6.07) is 2.13. The number of hydrogen-bond acceptors (Lipinski definition) is 12. The molecule has 1 fully saturated rings. The van der Waals surface area contributed by atoms with Crippen LogP contribution in [0.15, 0.2) is 44.6 Å². The third-order valence-electron chi connectivity index (χ3n) is 4.80. The summed E-state index contributed by atoms with van der Waals surface area (Å²) in [7, 11) is 1.26. The summed E-state index contributed by atoms with van der Waals surface area (Å²) < 4.78 is 5.05. The SMILES string of the molecule is CON=C(C(=O)N[C@@H]1C(=O)N2C(C(=O)O)=C(CSC(=O)c3ccco3)CS[C@H]12)c1csc(N)n1.[H-].[Na+].[Zn]. The minimum atomic E-state index is -1.29. The summed E-state index contributed by atoms with van der Waals surface area (Å²) in [6.07, 6.45) is 1.37. The fraction of sp³-hybridized carbons (Fsp3) is 0.263. The smallest absolute Gasteiger partial charge is 1.00 e. The van der Waals surface area contributed by atoms with E-state index in [2.05, 4.69) is 15.5 Å². The van der Waals surface area contributed by atoms with Crippen molar-refractivity contribution in [2.75, 3.05) is 24.3 Å². The monoisotopic (exact) mass is 611 g/mol. The van der Waals surface area contributed by atoms with Gasteiger partial charge in [-0.05, 0) is 17.7 Å². The van der Waals surface area contributed by atoms with Gasteiger partial charge in [-0.15, -0.1) is 23.1 Å². The molecule has 2 amide bonds. The molecule has 1 saturated heterocycles. The van der Waals surface area contributed by atoms with E-state index in [0.29, 0.717) is 5.57 Å². The van der Waals surface area contributed by atoms with Gasteiger partial charge >= 0.3 is 35.5 Å². The molecule has 36 heavy (non-hydrogen) atoms. The number of nitrogen functional groups attached to an aromatic ring is 1. The van der Waals surface area contributed by atoms with E-state index in [4.69, 9.17) is 15.0 Å². The standard InChI is InChI=1S/C19H17N5O7S3.Na.Zn.H/c1-30-23-11(9-7-34-19(20)21-9)14(25)22-12-15(26)24-13(17(27)28)8(5-32-16(12)24)6-33-18(29)10-3-2-4-31-10;;;/h2-4,7,12,16H,5-6H2,1H3,(H2,20,21)(H,22,25)(H,27,28);;;/q;+1;;-1/t12-,16-;;;/m1.../s1. The Bertz CT molecular complexity index is 1230. The molecule has 2 aromatic rings. The van der Waals surface area contributed by atoms with E-state index in [-0.39, 0.29) is 95.1 Å². The molecule has 12 nitrogen and oxygen atoms in total. The minimum absolute atomic E-state index is 0. The van der Waals surface area contributed by atoms with E-state index in [0.717, 1.165) is 28.0 Å². The molecule has 0 aliphatic carbocycles. The average molecular weight is 613 g/mol. The molecule has 4 N–H and O–H groups in total. The molecular formula is C19H18N5NaO7S3Zn. The molecule has 182 valence electrons. The van der Waals surface area contributed by atoms with Crippen molar-refractivity contribution in [3.63, 3.8) is 0 Å². The topological polar surface area (TPSA) is 177 Å². The van der Waals surface area contributed by atoms with Crippen LogP contribution in [0.4, 0.5) is 5.13 Å². The van der Waals surface area contributed by atoms with Gasteiger partial charge in [-0.3, -0.25) is 19.3 Å². The van der Waals surface area contributed by atoms with Crippen molar-refractivity contribution in [2.24, 2.45) is 5.16 Å². The fourth-order valence-electron chi connectivity index (χ4n) is 3.31. The van der Waals surface area contributed by atoms with Crippen LogP contribution >= 0.6 is 34.9 Å². The number of fused-ring (bicyclic) bond motifs is 1. The normalized spacial score (nSPS) is 18.9. The van der Waals surface area contributed by atoms with Crippen LogP contribution in [0.3, 0.4) is 0 Å². The predicted molar refractivity (Wildman–Crippen MR) is 126 cm³/mol. The number of carboxylic acids is 1. The van der Waals surface area contributed by atoms with Gasteiger partial charge in [0.25, 0.3) is 16.9 Å². The Kier molecular flexibility index (Phi) is 11.2. The van der Waals surface area contributed by atoms with E-state index >= 15 is 0 Å². The second kappa shape index (κ2) is 13.2. The molecule has 2 aliphatic rings. The van der Waals surface area contributed by atoms with Gasteiger partial charge in [0.1, 0.15) is 29.9 Å². The van der Waals surface area contributed by atoms with Crippen LogP contribution in [0.25, 0.3) is 0 Å². The van der Waals surface area contributed by atoms with Crippen LogP contribution in [0, 0.1) is 0 Å². The molecule has 0 bridgehead atoms. The number of nitrogens with one attached hydrogen (secondary N) is 1. The largest absolute Gasteiger partial charge is 1.00 e. The first-order chi connectivity index (χ1) is 16.3. The number of hydrogen-bond donors (Lipinski definition) is 3. The molecule has 17 heteroatoms. The maximum absolute atomic E-state index is 12.8. The number of thioether (sulfide) groups is 2. The molecule has 0 unspecified atom stereocenters. The summed E-state index contributed by atoms with van der Waals surface area (Å²) in [4.78, 5) is 59.6. The van der Waals surface area contributed by atoms with Gasteiger partial charge in [0, 0.05) is 36.4 Å². The first-order valence-electron chi connectivity index (χ1n) is 9.55. The quantitative estimate of drug-likeness (QED) is 0.131. The first-order valence-corrected chi connectivity index (χ1v) is 12.5. The Morgan fingerprint density at radius 3 is 2.81 bits per heavy atom. The van der Waals surface area contributed by atoms with Crippen molar-refractivity contribution in [3.05, 3.63) is 46.5 Å². The van der Waals surface area contributed by atoms with Crippen molar-refractivity contribution < 1.29 is 84.0 Å². The molecule has 4 rings (SSSR count). The van der Waals surface area contributed by atoms with E-state index in [1.165, 1.54) is 36.6 Å². The summed E-state index contributed by atoms with van der Waals surface area (Å²) in [5, 5.41) is 16.8. The number of nitrogens with zero attached hydrogens (tertiary/aromatic N) is 3. The molecule has 4 heterocycles. The number of carbonyl (C=O) groups is 4. The maximum atomic E-state index is 12.8. The number of aliphatic carboxylic acids is 1. The van der Waals surface area contributed by atoms with Gasteiger partial charge in [-0.25, -0.2) is 9.78 Å². The van der Waals surface area contributed by atoms with Crippen molar-refractivity contribution >= 4 is 68.6 Å². The van der Waals surface area contributed by atoms with Crippen LogP contribution in [0.1, 0.15) is 17.7 Å². The second-order valence-corrected chi connectivity index (χ2v) is 9.81. The average Bonchev–Trinajstić information content (AvgIpc) is 3.50. The van der Waals surface area contributed by atoms with Gasteiger partial charge in [0.15, 0.2) is 16.6 Å². The Hall–Kier alpha value is -1.68. The second-order valence-electron chi connectivity index (χ2n) is 6.87. The number of amides is 2. The number of rotatable bonds is 8. The van der Waals surface area contributed by atoms with Crippen molar-refractivity contribution in [3.8, 4) is 0 Å². The fourth-order valence-corrected chi connectivity index (χ4v) is 6.14. The third kappa shape index (κ3) is 6.23. The Balaban J connectivity index is 0.00000228. The first kappa shape index (κ1) is 30.5. The van der Waals surface area contributed by atoms with Crippen LogP contribution < -0.4 is 40.6 Å². The zero-order valence-corrected chi connectivity index (χ0v) is 26.5. The van der Waals surface area contributed by atoms with Crippen LogP contribution in [0.5, 0.6) is 0 Å². The van der Waals surface area contributed by atoms with Crippen molar-refractivity contribution in [2.45, 2.75) is 11.4 Å². The van der Waals surface area contributed by atoms with Gasteiger partial charge in [-0.1, -0.05) is 16.9 Å². The van der Waals surface area contributed by atoms with Gasteiger partial charge in [0.2, 0.25) is 0 Å². The number of carbonyl (C=O) groups excluding carboxylic acids is 3. The number of β-lactam (4-membered cyclic amide) rings is 1. The van der Waals surface area contributed by atoms with E-state index in [1.54, 1.807) is 6.07 Å². The van der Waals surface area contributed by atoms with Crippen LogP contribution in [0.2, 0.25) is 0 Å². The Morgan fingerprint density at radius 1 is 1.47 bits per heavy atom. The van der Waals surface area contributed by atoms with E-state index < -0.39 is 29.2 Å². The number of furan rings is 1.